The van der Waals surface area contributed by atoms with E-state index in [0.29, 0.717) is 6.54 Å². The first kappa shape index (κ1) is 13.1. The minimum absolute atomic E-state index is 0.622. The van der Waals surface area contributed by atoms with Crippen LogP contribution in [-0.2, 0) is 13.0 Å². The van der Waals surface area contributed by atoms with E-state index >= 15 is 0 Å². The van der Waals surface area contributed by atoms with Gasteiger partial charge in [0.25, 0.3) is 0 Å². The van der Waals surface area contributed by atoms with Crippen LogP contribution in [0.3, 0.4) is 0 Å². The van der Waals surface area contributed by atoms with Gasteiger partial charge in [0.2, 0.25) is 0 Å². The predicted molar refractivity (Wildman–Crippen MR) is 79.7 cm³/mol. The maximum absolute atomic E-state index is 5.81. The quantitative estimate of drug-likeness (QED) is 0.744. The Bertz CT molecular complexity index is 502. The lowest BCUT2D eigenvalue weighted by molar-refractivity contribution is 0.667. The summed E-state index contributed by atoms with van der Waals surface area (Å²) in [5, 5.41) is 2.63. The molecule has 2 rings (SSSR count). The number of hydrogen-bond acceptors (Lipinski definition) is 1. The van der Waals surface area contributed by atoms with Gasteiger partial charge in [0.05, 0.1) is 0 Å². The van der Waals surface area contributed by atoms with E-state index < -0.39 is 0 Å². The monoisotopic (exact) mass is 241 g/mol. The Morgan fingerprint density at radius 2 is 1.89 bits per heavy atom. The summed E-state index contributed by atoms with van der Waals surface area (Å²) < 4.78 is 0. The molecule has 0 aliphatic heterocycles. The van der Waals surface area contributed by atoms with Gasteiger partial charge in [-0.2, -0.15) is 0 Å². The molecule has 0 radical (unpaired) electrons. The molecule has 96 valence electrons. The normalized spacial score (nSPS) is 11.0. The second kappa shape index (κ2) is 6.55. The van der Waals surface area contributed by atoms with Crippen molar-refractivity contribution in [3.05, 3.63) is 47.5 Å². The second-order valence-electron chi connectivity index (χ2n) is 4.99. The first-order valence-electron chi connectivity index (χ1n) is 7.05. The molecule has 0 saturated carbocycles. The molecular weight excluding hydrogens is 218 g/mol. The highest BCUT2D eigenvalue weighted by molar-refractivity contribution is 5.86. The minimum atomic E-state index is 0.622. The smallest absolute Gasteiger partial charge is 0.0184 e. The molecule has 0 aromatic heterocycles. The summed E-state index contributed by atoms with van der Waals surface area (Å²) >= 11 is 0. The molecule has 0 fully saturated rings. The first-order valence-corrected chi connectivity index (χ1v) is 7.05. The molecule has 18 heavy (non-hydrogen) atoms. The summed E-state index contributed by atoms with van der Waals surface area (Å²) in [5.41, 5.74) is 8.50. The molecule has 0 saturated heterocycles. The van der Waals surface area contributed by atoms with Crippen LogP contribution in [0.25, 0.3) is 10.8 Å². The summed E-state index contributed by atoms with van der Waals surface area (Å²) in [6.07, 6.45) is 6.47. The van der Waals surface area contributed by atoms with Crippen LogP contribution in [-0.4, -0.2) is 0 Å². The second-order valence-corrected chi connectivity index (χ2v) is 4.99. The van der Waals surface area contributed by atoms with Crippen LogP contribution in [0, 0.1) is 0 Å². The molecule has 1 nitrogen and oxygen atoms in total. The molecule has 0 amide bonds. The number of fused-ring (bicyclic) bond motifs is 1. The Labute approximate surface area is 110 Å². The van der Waals surface area contributed by atoms with Crippen molar-refractivity contribution in [2.75, 3.05) is 0 Å². The van der Waals surface area contributed by atoms with Crippen molar-refractivity contribution >= 4 is 10.8 Å². The zero-order valence-corrected chi connectivity index (χ0v) is 11.3. The molecule has 0 spiro atoms. The Hall–Kier alpha value is -1.34. The lowest BCUT2D eigenvalue weighted by Gasteiger charge is -2.07. The average molecular weight is 241 g/mol. The van der Waals surface area contributed by atoms with Gasteiger partial charge in [0.1, 0.15) is 0 Å². The number of hydrogen-bond donors (Lipinski definition) is 1. The number of rotatable bonds is 6. The maximum atomic E-state index is 5.81. The zero-order valence-electron chi connectivity index (χ0n) is 11.3. The van der Waals surface area contributed by atoms with Crippen molar-refractivity contribution in [3.63, 3.8) is 0 Å². The number of nitrogens with two attached hydrogens (primary N) is 1. The molecule has 0 atom stereocenters. The van der Waals surface area contributed by atoms with Gasteiger partial charge in [0, 0.05) is 6.54 Å². The van der Waals surface area contributed by atoms with E-state index in [2.05, 4.69) is 43.3 Å². The maximum Gasteiger partial charge on any atom is 0.0184 e. The van der Waals surface area contributed by atoms with Gasteiger partial charge in [-0.15, -0.1) is 0 Å². The van der Waals surface area contributed by atoms with E-state index in [0.717, 1.165) is 0 Å². The Morgan fingerprint density at radius 1 is 1.00 bits per heavy atom. The average Bonchev–Trinajstić information content (AvgIpc) is 2.43. The highest BCUT2D eigenvalue weighted by Crippen LogP contribution is 2.21. The van der Waals surface area contributed by atoms with Crippen molar-refractivity contribution in [2.45, 2.75) is 45.6 Å². The summed E-state index contributed by atoms with van der Waals surface area (Å²) in [6, 6.07) is 13.2. The topological polar surface area (TPSA) is 26.0 Å². The van der Waals surface area contributed by atoms with Gasteiger partial charge in [-0.3, -0.25) is 0 Å². The number of aryl methyl sites for hydroxylation is 1. The fraction of sp³-hybridized carbons (Fsp3) is 0.412. The van der Waals surface area contributed by atoms with Gasteiger partial charge in [-0.1, -0.05) is 62.6 Å². The lowest BCUT2D eigenvalue weighted by atomic mass is 9.99. The SMILES string of the molecule is CCCCCCc1ccc2cccc(CN)c2c1. The molecular formula is C17H23N. The predicted octanol–water partition coefficient (Wildman–Crippen LogP) is 4.42. The summed E-state index contributed by atoms with van der Waals surface area (Å²) in [4.78, 5) is 0. The Balaban J connectivity index is 2.15. The minimum Gasteiger partial charge on any atom is -0.326 e. The number of unbranched alkanes of at least 4 members (excludes halogenated alkanes) is 3. The third-order valence-electron chi connectivity index (χ3n) is 3.58. The largest absolute Gasteiger partial charge is 0.326 e. The van der Waals surface area contributed by atoms with Crippen molar-refractivity contribution in [1.29, 1.82) is 0 Å². The lowest BCUT2D eigenvalue weighted by Crippen LogP contribution is -1.97. The molecule has 2 aromatic carbocycles. The van der Waals surface area contributed by atoms with Gasteiger partial charge in [-0.25, -0.2) is 0 Å². The Morgan fingerprint density at radius 3 is 2.67 bits per heavy atom. The van der Waals surface area contributed by atoms with Crippen LogP contribution < -0.4 is 5.73 Å². The molecule has 2 N–H and O–H groups in total. The first-order chi connectivity index (χ1) is 8.85. The van der Waals surface area contributed by atoms with E-state index in [9.17, 15) is 0 Å². The Kier molecular flexibility index (Phi) is 4.77. The van der Waals surface area contributed by atoms with Crippen LogP contribution in [0.2, 0.25) is 0 Å². The van der Waals surface area contributed by atoms with Crippen molar-refractivity contribution in [1.82, 2.24) is 0 Å². The van der Waals surface area contributed by atoms with Crippen molar-refractivity contribution in [3.8, 4) is 0 Å². The highest BCUT2D eigenvalue weighted by atomic mass is 14.5. The molecule has 1 heteroatoms. The van der Waals surface area contributed by atoms with E-state index in [-0.39, 0.29) is 0 Å². The van der Waals surface area contributed by atoms with Gasteiger partial charge in [0.15, 0.2) is 0 Å². The van der Waals surface area contributed by atoms with Crippen molar-refractivity contribution in [2.24, 2.45) is 5.73 Å². The van der Waals surface area contributed by atoms with Gasteiger partial charge in [-0.05, 0) is 34.7 Å². The third kappa shape index (κ3) is 3.11. The standard InChI is InChI=1S/C17H23N/c1-2-3-4-5-7-14-10-11-15-8-6-9-16(13-18)17(15)12-14/h6,8-12H,2-5,7,13,18H2,1H3. The molecule has 0 bridgehead atoms. The van der Waals surface area contributed by atoms with Crippen LogP contribution in [0.4, 0.5) is 0 Å². The highest BCUT2D eigenvalue weighted by Gasteiger charge is 2.01. The van der Waals surface area contributed by atoms with Crippen LogP contribution in [0.5, 0.6) is 0 Å². The van der Waals surface area contributed by atoms with E-state index in [1.54, 1.807) is 0 Å². The summed E-state index contributed by atoms with van der Waals surface area (Å²) in [5.74, 6) is 0. The fourth-order valence-corrected chi connectivity index (χ4v) is 2.47. The van der Waals surface area contributed by atoms with Gasteiger partial charge >= 0.3 is 0 Å². The van der Waals surface area contributed by atoms with Crippen LogP contribution in [0.15, 0.2) is 36.4 Å². The molecule has 2 aromatic rings. The molecule has 0 unspecified atom stereocenters. The van der Waals surface area contributed by atoms with Crippen LogP contribution in [0.1, 0.15) is 43.7 Å². The molecule has 0 aliphatic rings. The molecule has 0 heterocycles. The van der Waals surface area contributed by atoms with Crippen LogP contribution >= 0.6 is 0 Å². The third-order valence-corrected chi connectivity index (χ3v) is 3.58. The van der Waals surface area contributed by atoms with E-state index in [1.165, 1.54) is 54.0 Å². The van der Waals surface area contributed by atoms with E-state index in [1.807, 2.05) is 0 Å². The van der Waals surface area contributed by atoms with Gasteiger partial charge < -0.3 is 5.73 Å². The molecule has 0 aliphatic carbocycles. The van der Waals surface area contributed by atoms with E-state index in [4.69, 9.17) is 5.73 Å². The fourth-order valence-electron chi connectivity index (χ4n) is 2.47. The summed E-state index contributed by atoms with van der Waals surface area (Å²) in [6.45, 7) is 2.88. The van der Waals surface area contributed by atoms with Crippen molar-refractivity contribution < 1.29 is 0 Å². The zero-order chi connectivity index (χ0) is 12.8. The number of benzene rings is 2. The summed E-state index contributed by atoms with van der Waals surface area (Å²) in [7, 11) is 0.